The van der Waals surface area contributed by atoms with Gasteiger partial charge in [0.1, 0.15) is 16.9 Å². The summed E-state index contributed by atoms with van der Waals surface area (Å²) in [6, 6.07) is 1.07. The highest BCUT2D eigenvalue weighted by Gasteiger charge is 2.32. The van der Waals surface area contributed by atoms with E-state index in [2.05, 4.69) is 22.1 Å². The molecule has 0 saturated carbocycles. The van der Waals surface area contributed by atoms with Crippen molar-refractivity contribution in [2.45, 2.75) is 57.8 Å². The molecule has 30 heavy (non-hydrogen) atoms. The average Bonchev–Trinajstić information content (AvgIpc) is 2.68. The van der Waals surface area contributed by atoms with Crippen LogP contribution in [-0.4, -0.2) is 55.2 Å². The standard InChI is InChI=1S/C22H29ClFN3O3/c1-22(2,3)30-21(28)26-18-14-27(9-6-17(18)24)19-12-20(23)25-13-16(19)5-4-15-7-10-29-11-8-15/h12-13,15,17-18H,6-11,14H2,1-3H3,(H,26,28)/t17-,18-/m1/s1. The summed E-state index contributed by atoms with van der Waals surface area (Å²) in [7, 11) is 0. The van der Waals surface area contributed by atoms with Gasteiger partial charge in [-0.15, -0.1) is 0 Å². The van der Waals surface area contributed by atoms with Crippen LogP contribution in [0.25, 0.3) is 0 Å². The van der Waals surface area contributed by atoms with Crippen LogP contribution >= 0.6 is 11.6 Å². The zero-order valence-corrected chi connectivity index (χ0v) is 18.5. The number of anilines is 1. The molecule has 2 saturated heterocycles. The van der Waals surface area contributed by atoms with Crippen molar-refractivity contribution < 1.29 is 18.7 Å². The first-order valence-corrected chi connectivity index (χ1v) is 10.7. The highest BCUT2D eigenvalue weighted by Crippen LogP contribution is 2.27. The van der Waals surface area contributed by atoms with Gasteiger partial charge in [0, 0.05) is 44.5 Å². The lowest BCUT2D eigenvalue weighted by Crippen LogP contribution is -2.54. The van der Waals surface area contributed by atoms with E-state index in [1.165, 1.54) is 0 Å². The molecule has 0 spiro atoms. The van der Waals surface area contributed by atoms with Crippen LogP contribution in [0.3, 0.4) is 0 Å². The fourth-order valence-electron chi connectivity index (χ4n) is 3.54. The third kappa shape index (κ3) is 6.48. The zero-order valence-electron chi connectivity index (χ0n) is 17.7. The van der Waals surface area contributed by atoms with E-state index < -0.39 is 23.9 Å². The second kappa shape index (κ2) is 9.84. The third-order valence-electron chi connectivity index (χ3n) is 5.05. The number of amides is 1. The molecular formula is C22H29ClFN3O3. The lowest BCUT2D eigenvalue weighted by atomic mass is 10.00. The van der Waals surface area contributed by atoms with Crippen molar-refractivity contribution in [1.82, 2.24) is 10.3 Å². The Morgan fingerprint density at radius 1 is 1.37 bits per heavy atom. The minimum atomic E-state index is -1.15. The van der Waals surface area contributed by atoms with Gasteiger partial charge in [0.25, 0.3) is 0 Å². The van der Waals surface area contributed by atoms with Gasteiger partial charge in [0.05, 0.1) is 17.3 Å². The molecule has 2 atom stereocenters. The van der Waals surface area contributed by atoms with Crippen LogP contribution < -0.4 is 10.2 Å². The van der Waals surface area contributed by atoms with Gasteiger partial charge >= 0.3 is 6.09 Å². The van der Waals surface area contributed by atoms with Crippen molar-refractivity contribution >= 4 is 23.4 Å². The predicted molar refractivity (Wildman–Crippen MR) is 115 cm³/mol. The van der Waals surface area contributed by atoms with Crippen molar-refractivity contribution in [3.05, 3.63) is 23.0 Å². The lowest BCUT2D eigenvalue weighted by molar-refractivity contribution is 0.0466. The molecule has 3 rings (SSSR count). The Kier molecular flexibility index (Phi) is 7.43. The van der Waals surface area contributed by atoms with Crippen LogP contribution in [0.15, 0.2) is 12.3 Å². The molecule has 164 valence electrons. The molecule has 0 bridgehead atoms. The van der Waals surface area contributed by atoms with Gasteiger partial charge < -0.3 is 19.7 Å². The summed E-state index contributed by atoms with van der Waals surface area (Å²) in [4.78, 5) is 18.3. The molecule has 3 heterocycles. The van der Waals surface area contributed by atoms with Gasteiger partial charge in [-0.05, 0) is 40.0 Å². The number of hydrogen-bond acceptors (Lipinski definition) is 5. The molecule has 1 amide bonds. The highest BCUT2D eigenvalue weighted by molar-refractivity contribution is 6.29. The van der Waals surface area contributed by atoms with Gasteiger partial charge in [-0.2, -0.15) is 0 Å². The van der Waals surface area contributed by atoms with Crippen LogP contribution in [-0.2, 0) is 9.47 Å². The fraction of sp³-hybridized carbons (Fsp3) is 0.636. The summed E-state index contributed by atoms with van der Waals surface area (Å²) in [6.07, 6.45) is 2.00. The Labute approximate surface area is 182 Å². The SMILES string of the molecule is CC(C)(C)OC(=O)N[C@@H]1CN(c2cc(Cl)ncc2C#CC2CCOCC2)CC[C@H]1F. The number of alkyl halides is 1. The second-order valence-corrected chi connectivity index (χ2v) is 9.07. The average molecular weight is 438 g/mol. The van der Waals surface area contributed by atoms with E-state index in [0.29, 0.717) is 24.2 Å². The van der Waals surface area contributed by atoms with Crippen LogP contribution in [0.5, 0.6) is 0 Å². The number of nitrogens with zero attached hydrogens (tertiary/aromatic N) is 2. The maximum atomic E-state index is 14.5. The summed E-state index contributed by atoms with van der Waals surface area (Å²) in [5, 5.41) is 3.01. The normalized spacial score (nSPS) is 22.8. The van der Waals surface area contributed by atoms with E-state index in [4.69, 9.17) is 21.1 Å². The molecule has 1 aromatic rings. The minimum absolute atomic E-state index is 0.285. The maximum Gasteiger partial charge on any atom is 0.408 e. The smallest absolute Gasteiger partial charge is 0.408 e. The van der Waals surface area contributed by atoms with E-state index in [1.807, 2.05) is 4.90 Å². The summed E-state index contributed by atoms with van der Waals surface area (Å²) in [5.74, 6) is 6.83. The molecule has 1 aromatic heterocycles. The highest BCUT2D eigenvalue weighted by atomic mass is 35.5. The number of aromatic nitrogens is 1. The van der Waals surface area contributed by atoms with Crippen LogP contribution in [0.1, 0.15) is 45.6 Å². The quantitative estimate of drug-likeness (QED) is 0.560. The van der Waals surface area contributed by atoms with Gasteiger partial charge in [0.15, 0.2) is 0 Å². The van der Waals surface area contributed by atoms with Crippen molar-refractivity contribution in [1.29, 1.82) is 0 Å². The number of hydrogen-bond donors (Lipinski definition) is 1. The Morgan fingerprint density at radius 3 is 2.80 bits per heavy atom. The number of alkyl carbamates (subject to hydrolysis) is 1. The summed E-state index contributed by atoms with van der Waals surface area (Å²) in [5.41, 5.74) is 0.909. The van der Waals surface area contributed by atoms with Crippen LogP contribution in [0.4, 0.5) is 14.9 Å². The summed E-state index contributed by atoms with van der Waals surface area (Å²) < 4.78 is 25.2. The second-order valence-electron chi connectivity index (χ2n) is 8.68. The number of nitrogens with one attached hydrogen (secondary N) is 1. The molecule has 0 aromatic carbocycles. The maximum absolute atomic E-state index is 14.5. The monoisotopic (exact) mass is 437 g/mol. The number of halogens is 2. The topological polar surface area (TPSA) is 63.7 Å². The largest absolute Gasteiger partial charge is 0.444 e. The van der Waals surface area contributed by atoms with Crippen molar-refractivity contribution in [3.63, 3.8) is 0 Å². The first-order chi connectivity index (χ1) is 14.2. The molecule has 2 fully saturated rings. The molecule has 0 radical (unpaired) electrons. The van der Waals surface area contributed by atoms with Crippen molar-refractivity contribution in [3.8, 4) is 11.8 Å². The first-order valence-electron chi connectivity index (χ1n) is 10.3. The molecule has 1 N–H and O–H groups in total. The number of pyridine rings is 1. The summed E-state index contributed by atoms with van der Waals surface area (Å²) >= 11 is 6.14. The number of rotatable bonds is 2. The van der Waals surface area contributed by atoms with Crippen LogP contribution in [0, 0.1) is 17.8 Å². The Hall–Kier alpha value is -2.04. The molecule has 2 aliphatic rings. The van der Waals surface area contributed by atoms with E-state index >= 15 is 0 Å². The number of piperidine rings is 1. The molecule has 8 heteroatoms. The minimum Gasteiger partial charge on any atom is -0.444 e. The van der Waals surface area contributed by atoms with Crippen molar-refractivity contribution in [2.24, 2.45) is 5.92 Å². The molecule has 0 unspecified atom stereocenters. The fourth-order valence-corrected chi connectivity index (χ4v) is 3.69. The Bertz CT molecular complexity index is 812. The van der Waals surface area contributed by atoms with E-state index in [-0.39, 0.29) is 6.42 Å². The first kappa shape index (κ1) is 22.6. The summed E-state index contributed by atoms with van der Waals surface area (Å²) in [6.45, 7) is 7.58. The van der Waals surface area contributed by atoms with E-state index in [1.54, 1.807) is 33.0 Å². The Morgan fingerprint density at radius 2 is 2.10 bits per heavy atom. The van der Waals surface area contributed by atoms with E-state index in [0.717, 1.165) is 37.3 Å². The van der Waals surface area contributed by atoms with E-state index in [9.17, 15) is 9.18 Å². The van der Waals surface area contributed by atoms with Gasteiger partial charge in [0.2, 0.25) is 0 Å². The Balaban J connectivity index is 1.75. The predicted octanol–water partition coefficient (Wildman–Crippen LogP) is 3.95. The number of carbonyl (C=O) groups is 1. The number of ether oxygens (including phenoxy) is 2. The van der Waals surface area contributed by atoms with Crippen LogP contribution in [0.2, 0.25) is 5.15 Å². The molecule has 2 aliphatic heterocycles. The number of carbonyl (C=O) groups excluding carboxylic acids is 1. The molecular weight excluding hydrogens is 409 g/mol. The molecule has 6 nitrogen and oxygen atoms in total. The van der Waals surface area contributed by atoms with Gasteiger partial charge in [-0.25, -0.2) is 14.2 Å². The third-order valence-corrected chi connectivity index (χ3v) is 5.26. The zero-order chi connectivity index (χ0) is 21.7. The lowest BCUT2D eigenvalue weighted by Gasteiger charge is -2.37. The van der Waals surface area contributed by atoms with Gasteiger partial charge in [-0.1, -0.05) is 23.4 Å². The van der Waals surface area contributed by atoms with Crippen molar-refractivity contribution in [2.75, 3.05) is 31.2 Å². The molecule has 0 aliphatic carbocycles. The van der Waals surface area contributed by atoms with Gasteiger partial charge in [-0.3, -0.25) is 0 Å².